The van der Waals surface area contributed by atoms with Gasteiger partial charge in [-0.3, -0.25) is 4.68 Å². The van der Waals surface area contributed by atoms with Crippen molar-refractivity contribution in [3.63, 3.8) is 0 Å². The van der Waals surface area contributed by atoms with Crippen LogP contribution in [-0.2, 0) is 7.05 Å². The Hall–Kier alpha value is -3.72. The molecule has 1 aliphatic heterocycles. The van der Waals surface area contributed by atoms with Crippen LogP contribution in [0.1, 0.15) is 45.2 Å². The molecule has 0 aromatic carbocycles. The van der Waals surface area contributed by atoms with Crippen LogP contribution in [0.2, 0.25) is 0 Å². The highest BCUT2D eigenvalue weighted by atomic mass is 16.3. The number of aliphatic hydroxyl groups excluding tert-OH is 1. The van der Waals surface area contributed by atoms with Gasteiger partial charge in [0.25, 0.3) is 0 Å². The normalized spacial score (nSPS) is 14.4. The lowest BCUT2D eigenvalue weighted by molar-refractivity contribution is 0.267. The lowest BCUT2D eigenvalue weighted by atomic mass is 9.98. The number of nitrogens with one attached hydrogen (secondary N) is 2. The fourth-order valence-electron chi connectivity index (χ4n) is 3.85. The lowest BCUT2D eigenvalue weighted by Crippen LogP contribution is -2.30. The third kappa shape index (κ3) is 5.26. The van der Waals surface area contributed by atoms with Gasteiger partial charge in [-0.2, -0.15) is 5.10 Å². The number of aromatic nitrogens is 5. The summed E-state index contributed by atoms with van der Waals surface area (Å²) >= 11 is 0. The second-order valence-electron chi connectivity index (χ2n) is 9.24. The number of fused-ring (bicyclic) bond motifs is 1. The van der Waals surface area contributed by atoms with Crippen LogP contribution in [0.15, 0.2) is 43.1 Å². The lowest BCUT2D eigenvalue weighted by Gasteiger charge is -2.32. The van der Waals surface area contributed by atoms with Gasteiger partial charge in [0.15, 0.2) is 0 Å². The first kappa shape index (κ1) is 23.4. The summed E-state index contributed by atoms with van der Waals surface area (Å²) < 4.78 is 1.74. The molecule has 0 radical (unpaired) electrons. The van der Waals surface area contributed by atoms with E-state index in [1.807, 2.05) is 31.6 Å². The summed E-state index contributed by atoms with van der Waals surface area (Å²) in [6.45, 7) is 9.03. The summed E-state index contributed by atoms with van der Waals surface area (Å²) in [6, 6.07) is 3.90. The minimum atomic E-state index is -0.192. The van der Waals surface area contributed by atoms with Crippen molar-refractivity contribution < 1.29 is 5.11 Å². The SMILES string of the molecule is CCC=C1c2c(cc(Nc3cc(-c4cnn(C)c4)ncn3)nc2NC(C)(C)C)C=CN1CCO. The smallest absolute Gasteiger partial charge is 0.138 e. The van der Waals surface area contributed by atoms with Crippen molar-refractivity contribution in [2.45, 2.75) is 39.7 Å². The van der Waals surface area contributed by atoms with Crippen LogP contribution in [0.4, 0.5) is 17.5 Å². The average Bonchev–Trinajstić information content (AvgIpc) is 3.21. The standard InChI is InChI=1S/C25H32N8O/c1-6-7-20-23-17(8-9-33(20)10-11-34)12-22(30-24(23)31-25(2,3)4)29-21-13-19(26-16-27-21)18-14-28-32(5)15-18/h7-9,12-16,34H,6,10-11H2,1-5H3,(H2,26,27,29,30,31). The molecular weight excluding hydrogens is 428 g/mol. The fourth-order valence-corrected chi connectivity index (χ4v) is 3.85. The summed E-state index contributed by atoms with van der Waals surface area (Å²) in [5.74, 6) is 2.10. The Morgan fingerprint density at radius 2 is 1.97 bits per heavy atom. The molecule has 9 nitrogen and oxygen atoms in total. The quantitative estimate of drug-likeness (QED) is 0.481. The highest BCUT2D eigenvalue weighted by Gasteiger charge is 2.24. The van der Waals surface area contributed by atoms with E-state index in [0.29, 0.717) is 18.2 Å². The first-order valence-corrected chi connectivity index (χ1v) is 11.4. The van der Waals surface area contributed by atoms with Crippen molar-refractivity contribution in [2.75, 3.05) is 23.8 Å². The average molecular weight is 461 g/mol. The minimum absolute atomic E-state index is 0.0722. The molecule has 3 aromatic rings. The van der Waals surface area contributed by atoms with Gasteiger partial charge in [-0.1, -0.05) is 13.0 Å². The molecule has 34 heavy (non-hydrogen) atoms. The van der Waals surface area contributed by atoms with E-state index in [2.05, 4.69) is 70.4 Å². The summed E-state index contributed by atoms with van der Waals surface area (Å²) in [5.41, 5.74) is 4.62. The van der Waals surface area contributed by atoms with Gasteiger partial charge in [0, 0.05) is 54.4 Å². The summed E-state index contributed by atoms with van der Waals surface area (Å²) in [7, 11) is 1.88. The van der Waals surface area contributed by atoms with Crippen molar-refractivity contribution in [3.05, 3.63) is 54.3 Å². The molecule has 4 heterocycles. The third-order valence-corrected chi connectivity index (χ3v) is 5.21. The van der Waals surface area contributed by atoms with Gasteiger partial charge in [-0.25, -0.2) is 15.0 Å². The van der Waals surface area contributed by atoms with Crippen LogP contribution in [-0.4, -0.2) is 53.4 Å². The van der Waals surface area contributed by atoms with E-state index in [1.165, 1.54) is 6.33 Å². The molecule has 0 atom stereocenters. The number of β-amino-alcohol motifs (C(OH)–C–C–N with tert-alkyl or cyclic N) is 1. The van der Waals surface area contributed by atoms with E-state index in [-0.39, 0.29) is 12.1 Å². The molecule has 0 amide bonds. The molecule has 178 valence electrons. The van der Waals surface area contributed by atoms with Crippen LogP contribution in [0.5, 0.6) is 0 Å². The van der Waals surface area contributed by atoms with Crippen molar-refractivity contribution >= 4 is 29.2 Å². The monoisotopic (exact) mass is 460 g/mol. The second-order valence-corrected chi connectivity index (χ2v) is 9.24. The number of allylic oxidation sites excluding steroid dienone is 1. The second kappa shape index (κ2) is 9.64. The zero-order valence-corrected chi connectivity index (χ0v) is 20.4. The van der Waals surface area contributed by atoms with Crippen molar-refractivity contribution in [2.24, 2.45) is 7.05 Å². The highest BCUT2D eigenvalue weighted by Crippen LogP contribution is 2.37. The van der Waals surface area contributed by atoms with E-state index in [4.69, 9.17) is 4.98 Å². The Balaban J connectivity index is 1.75. The molecule has 0 bridgehead atoms. The van der Waals surface area contributed by atoms with Crippen LogP contribution >= 0.6 is 0 Å². The molecular formula is C25H32N8O. The van der Waals surface area contributed by atoms with Crippen molar-refractivity contribution in [3.8, 4) is 11.3 Å². The molecule has 0 spiro atoms. The van der Waals surface area contributed by atoms with Gasteiger partial charge in [0.2, 0.25) is 0 Å². The van der Waals surface area contributed by atoms with E-state index in [1.54, 1.807) is 10.9 Å². The first-order chi connectivity index (χ1) is 16.3. The molecule has 3 aromatic heterocycles. The van der Waals surface area contributed by atoms with Crippen molar-refractivity contribution in [1.82, 2.24) is 29.6 Å². The number of anilines is 3. The number of hydrogen-bond donors (Lipinski definition) is 3. The summed E-state index contributed by atoms with van der Waals surface area (Å²) in [6.07, 6.45) is 12.3. The van der Waals surface area contributed by atoms with E-state index >= 15 is 0 Å². The number of rotatable bonds is 7. The van der Waals surface area contributed by atoms with Gasteiger partial charge >= 0.3 is 0 Å². The van der Waals surface area contributed by atoms with E-state index in [9.17, 15) is 5.11 Å². The third-order valence-electron chi connectivity index (χ3n) is 5.21. The molecule has 0 saturated carbocycles. The zero-order valence-electron chi connectivity index (χ0n) is 20.4. The summed E-state index contributed by atoms with van der Waals surface area (Å²) in [4.78, 5) is 15.8. The molecule has 0 fully saturated rings. The molecule has 0 unspecified atom stereocenters. The minimum Gasteiger partial charge on any atom is -0.395 e. The number of aryl methyl sites for hydroxylation is 1. The maximum atomic E-state index is 9.56. The van der Waals surface area contributed by atoms with Gasteiger partial charge < -0.3 is 20.6 Å². The van der Waals surface area contributed by atoms with Crippen LogP contribution in [0.3, 0.4) is 0 Å². The zero-order chi connectivity index (χ0) is 24.3. The number of nitrogens with zero attached hydrogens (tertiary/aromatic N) is 6. The topological polar surface area (TPSA) is 104 Å². The van der Waals surface area contributed by atoms with Crippen molar-refractivity contribution in [1.29, 1.82) is 0 Å². The first-order valence-electron chi connectivity index (χ1n) is 11.4. The van der Waals surface area contributed by atoms with Gasteiger partial charge in [-0.15, -0.1) is 0 Å². The Kier molecular flexibility index (Phi) is 6.65. The largest absolute Gasteiger partial charge is 0.395 e. The van der Waals surface area contributed by atoms with Gasteiger partial charge in [-0.05, 0) is 44.9 Å². The number of aliphatic hydroxyl groups is 1. The summed E-state index contributed by atoms with van der Waals surface area (Å²) in [5, 5.41) is 20.7. The Labute approximate surface area is 200 Å². The van der Waals surface area contributed by atoms with Gasteiger partial charge in [0.1, 0.15) is 23.8 Å². The fraction of sp³-hybridized carbons (Fsp3) is 0.360. The maximum absolute atomic E-state index is 9.56. The number of pyridine rings is 1. The Bertz CT molecular complexity index is 1220. The van der Waals surface area contributed by atoms with Crippen LogP contribution in [0.25, 0.3) is 23.0 Å². The predicted octanol–water partition coefficient (Wildman–Crippen LogP) is 4.26. The van der Waals surface area contributed by atoms with Crippen LogP contribution in [0, 0.1) is 0 Å². The predicted molar refractivity (Wildman–Crippen MR) is 136 cm³/mol. The maximum Gasteiger partial charge on any atom is 0.138 e. The highest BCUT2D eigenvalue weighted by molar-refractivity contribution is 5.86. The number of hydrogen-bond acceptors (Lipinski definition) is 8. The molecule has 1 aliphatic rings. The Morgan fingerprint density at radius 3 is 2.65 bits per heavy atom. The molecule has 0 saturated heterocycles. The molecule has 0 aliphatic carbocycles. The van der Waals surface area contributed by atoms with E-state index < -0.39 is 0 Å². The van der Waals surface area contributed by atoms with Gasteiger partial charge in [0.05, 0.1) is 18.5 Å². The molecule has 9 heteroatoms. The molecule has 4 rings (SSSR count). The van der Waals surface area contributed by atoms with Crippen LogP contribution < -0.4 is 10.6 Å². The van der Waals surface area contributed by atoms with E-state index in [0.717, 1.165) is 40.3 Å². The Morgan fingerprint density at radius 1 is 1.15 bits per heavy atom. The molecule has 3 N–H and O–H groups in total.